The van der Waals surface area contributed by atoms with Crippen LogP contribution in [0.4, 0.5) is 13.2 Å². The highest BCUT2D eigenvalue weighted by Gasteiger charge is 2.28. The fourth-order valence-electron chi connectivity index (χ4n) is 1.59. The van der Waals surface area contributed by atoms with E-state index in [1.807, 2.05) is 6.92 Å². The van der Waals surface area contributed by atoms with Crippen LogP contribution in [0.2, 0.25) is 0 Å². The molecule has 1 atom stereocenters. The molecule has 0 aliphatic rings. The van der Waals surface area contributed by atoms with Crippen LogP contribution in [-0.4, -0.2) is 12.0 Å². The quantitative estimate of drug-likeness (QED) is 0.636. The van der Waals surface area contributed by atoms with Gasteiger partial charge in [-0.3, -0.25) is 4.79 Å². The molecule has 0 aromatic rings. The molecule has 15 heavy (non-hydrogen) atoms. The molecule has 0 spiro atoms. The van der Waals surface area contributed by atoms with Crippen molar-refractivity contribution in [2.45, 2.75) is 58.5 Å². The lowest BCUT2D eigenvalue weighted by Crippen LogP contribution is -2.13. The molecule has 0 fully saturated rings. The molecular weight excluding hydrogens is 205 g/mol. The Kier molecular flexibility index (Phi) is 6.61. The zero-order valence-corrected chi connectivity index (χ0v) is 9.36. The SMILES string of the molecule is CCCC(CCC(F)(F)F)CC(=O)CC. The molecule has 0 heterocycles. The van der Waals surface area contributed by atoms with Gasteiger partial charge in [-0.15, -0.1) is 0 Å². The Labute approximate surface area is 89.0 Å². The molecule has 0 aliphatic carbocycles. The van der Waals surface area contributed by atoms with Crippen molar-refractivity contribution in [2.75, 3.05) is 0 Å². The zero-order chi connectivity index (χ0) is 11.9. The molecule has 90 valence electrons. The van der Waals surface area contributed by atoms with Gasteiger partial charge in [0.15, 0.2) is 0 Å². The standard InChI is InChI=1S/C11H19F3O/c1-3-5-9(8-10(15)4-2)6-7-11(12,13)14/h9H,3-8H2,1-2H3. The first-order valence-corrected chi connectivity index (χ1v) is 5.47. The van der Waals surface area contributed by atoms with Crippen molar-refractivity contribution in [3.05, 3.63) is 0 Å². The largest absolute Gasteiger partial charge is 0.389 e. The zero-order valence-electron chi connectivity index (χ0n) is 9.36. The summed E-state index contributed by atoms with van der Waals surface area (Å²) in [7, 11) is 0. The second kappa shape index (κ2) is 6.85. The highest BCUT2D eigenvalue weighted by Crippen LogP contribution is 2.27. The summed E-state index contributed by atoms with van der Waals surface area (Å²) >= 11 is 0. The van der Waals surface area contributed by atoms with Crippen molar-refractivity contribution in [3.8, 4) is 0 Å². The Morgan fingerprint density at radius 3 is 2.20 bits per heavy atom. The van der Waals surface area contributed by atoms with Crippen LogP contribution < -0.4 is 0 Å². The van der Waals surface area contributed by atoms with Crippen LogP contribution in [0.3, 0.4) is 0 Å². The lowest BCUT2D eigenvalue weighted by molar-refractivity contribution is -0.139. The molecule has 0 bridgehead atoms. The molecule has 0 aromatic carbocycles. The minimum Gasteiger partial charge on any atom is -0.300 e. The maximum Gasteiger partial charge on any atom is 0.389 e. The van der Waals surface area contributed by atoms with E-state index in [1.54, 1.807) is 6.92 Å². The van der Waals surface area contributed by atoms with E-state index in [1.165, 1.54) is 0 Å². The lowest BCUT2D eigenvalue weighted by Gasteiger charge is -2.16. The van der Waals surface area contributed by atoms with Gasteiger partial charge < -0.3 is 0 Å². The predicted octanol–water partition coefficient (Wildman–Crippen LogP) is 4.11. The minimum atomic E-state index is -4.10. The van der Waals surface area contributed by atoms with Crippen LogP contribution in [0.25, 0.3) is 0 Å². The van der Waals surface area contributed by atoms with Crippen molar-refractivity contribution in [1.82, 2.24) is 0 Å². The van der Waals surface area contributed by atoms with Gasteiger partial charge in [0.2, 0.25) is 0 Å². The van der Waals surface area contributed by atoms with Gasteiger partial charge in [0, 0.05) is 19.3 Å². The molecule has 0 N–H and O–H groups in total. The second-order valence-corrected chi connectivity index (χ2v) is 3.90. The van der Waals surface area contributed by atoms with Gasteiger partial charge in [-0.1, -0.05) is 26.7 Å². The van der Waals surface area contributed by atoms with Crippen LogP contribution >= 0.6 is 0 Å². The Hall–Kier alpha value is -0.540. The molecule has 0 rings (SSSR count). The third kappa shape index (κ3) is 8.45. The number of halogens is 3. The van der Waals surface area contributed by atoms with E-state index in [-0.39, 0.29) is 18.1 Å². The minimum absolute atomic E-state index is 0.0654. The van der Waals surface area contributed by atoms with E-state index >= 15 is 0 Å². The number of Topliss-reactive ketones (excluding diaryl/α,β-unsaturated/α-hetero) is 1. The Bertz CT molecular complexity index is 187. The number of alkyl halides is 3. The van der Waals surface area contributed by atoms with Crippen LogP contribution in [0.1, 0.15) is 52.4 Å². The first-order valence-electron chi connectivity index (χ1n) is 5.47. The Balaban J connectivity index is 3.98. The molecule has 0 saturated carbocycles. The van der Waals surface area contributed by atoms with E-state index in [0.29, 0.717) is 19.3 Å². The molecule has 1 unspecified atom stereocenters. The highest BCUT2D eigenvalue weighted by atomic mass is 19.4. The summed E-state index contributed by atoms with van der Waals surface area (Å²) in [4.78, 5) is 11.1. The van der Waals surface area contributed by atoms with E-state index in [0.717, 1.165) is 6.42 Å². The summed E-state index contributed by atoms with van der Waals surface area (Å²) in [6.07, 6.45) is -2.51. The summed E-state index contributed by atoms with van der Waals surface area (Å²) in [5.41, 5.74) is 0. The average Bonchev–Trinajstić information content (AvgIpc) is 2.13. The van der Waals surface area contributed by atoms with Gasteiger partial charge in [0.05, 0.1) is 0 Å². The molecule has 0 radical (unpaired) electrons. The van der Waals surface area contributed by atoms with Crippen molar-refractivity contribution in [3.63, 3.8) is 0 Å². The van der Waals surface area contributed by atoms with Crippen LogP contribution in [0, 0.1) is 5.92 Å². The molecule has 4 heteroatoms. The van der Waals surface area contributed by atoms with Crippen LogP contribution in [0.5, 0.6) is 0 Å². The van der Waals surface area contributed by atoms with Crippen molar-refractivity contribution in [1.29, 1.82) is 0 Å². The number of rotatable bonds is 7. The monoisotopic (exact) mass is 224 g/mol. The highest BCUT2D eigenvalue weighted by molar-refractivity contribution is 5.78. The Morgan fingerprint density at radius 1 is 1.20 bits per heavy atom. The van der Waals surface area contributed by atoms with Crippen molar-refractivity contribution in [2.24, 2.45) is 5.92 Å². The van der Waals surface area contributed by atoms with E-state index in [9.17, 15) is 18.0 Å². The van der Waals surface area contributed by atoms with Crippen molar-refractivity contribution >= 4 is 5.78 Å². The molecule has 0 aliphatic heterocycles. The predicted molar refractivity (Wildman–Crippen MR) is 53.6 cm³/mol. The van der Waals surface area contributed by atoms with Gasteiger partial charge >= 0.3 is 6.18 Å². The summed E-state index contributed by atoms with van der Waals surface area (Å²) in [5, 5.41) is 0. The van der Waals surface area contributed by atoms with Gasteiger partial charge in [-0.2, -0.15) is 13.2 Å². The number of carbonyl (C=O) groups is 1. The fourth-order valence-corrected chi connectivity index (χ4v) is 1.59. The maximum atomic E-state index is 12.0. The van der Waals surface area contributed by atoms with E-state index in [2.05, 4.69) is 0 Å². The third-order valence-electron chi connectivity index (χ3n) is 2.44. The van der Waals surface area contributed by atoms with Crippen molar-refractivity contribution < 1.29 is 18.0 Å². The second-order valence-electron chi connectivity index (χ2n) is 3.90. The van der Waals surface area contributed by atoms with E-state index < -0.39 is 12.6 Å². The third-order valence-corrected chi connectivity index (χ3v) is 2.44. The molecule has 0 amide bonds. The first kappa shape index (κ1) is 14.5. The smallest absolute Gasteiger partial charge is 0.300 e. The first-order chi connectivity index (χ1) is 6.89. The molecular formula is C11H19F3O. The molecule has 0 saturated heterocycles. The Morgan fingerprint density at radius 2 is 1.80 bits per heavy atom. The van der Waals surface area contributed by atoms with Crippen LogP contribution in [0.15, 0.2) is 0 Å². The van der Waals surface area contributed by atoms with Gasteiger partial charge in [0.1, 0.15) is 5.78 Å². The van der Waals surface area contributed by atoms with Crippen LogP contribution in [-0.2, 0) is 4.79 Å². The summed E-state index contributed by atoms with van der Waals surface area (Å²) < 4.78 is 36.0. The van der Waals surface area contributed by atoms with E-state index in [4.69, 9.17) is 0 Å². The number of ketones is 1. The van der Waals surface area contributed by atoms with Gasteiger partial charge in [0.25, 0.3) is 0 Å². The normalized spacial score (nSPS) is 13.9. The lowest BCUT2D eigenvalue weighted by atomic mass is 9.92. The fraction of sp³-hybridized carbons (Fsp3) is 0.909. The van der Waals surface area contributed by atoms with Gasteiger partial charge in [-0.05, 0) is 12.3 Å². The summed E-state index contributed by atoms with van der Waals surface area (Å²) in [6.45, 7) is 3.67. The van der Waals surface area contributed by atoms with Gasteiger partial charge in [-0.25, -0.2) is 0 Å². The molecule has 1 nitrogen and oxygen atoms in total. The average molecular weight is 224 g/mol. The topological polar surface area (TPSA) is 17.1 Å². The number of carbonyl (C=O) groups excluding carboxylic acids is 1. The summed E-state index contributed by atoms with van der Waals surface area (Å²) in [5.74, 6) is -0.0281. The molecule has 0 aromatic heterocycles. The summed E-state index contributed by atoms with van der Waals surface area (Å²) in [6, 6.07) is 0. The number of hydrogen-bond donors (Lipinski definition) is 0. The number of hydrogen-bond acceptors (Lipinski definition) is 1. The maximum absolute atomic E-state index is 12.0.